The van der Waals surface area contributed by atoms with Crippen LogP contribution in [0, 0.1) is 0 Å². The van der Waals surface area contributed by atoms with E-state index in [0.29, 0.717) is 5.02 Å². The van der Waals surface area contributed by atoms with Gasteiger partial charge in [-0.1, -0.05) is 23.7 Å². The zero-order valence-electron chi connectivity index (χ0n) is 8.23. The van der Waals surface area contributed by atoms with E-state index in [-0.39, 0.29) is 12.2 Å². The van der Waals surface area contributed by atoms with Crippen LogP contribution in [0.4, 0.5) is 0 Å². The van der Waals surface area contributed by atoms with E-state index < -0.39 is 15.6 Å². The molecule has 3 nitrogen and oxygen atoms in total. The van der Waals surface area contributed by atoms with Crippen LogP contribution in [0.3, 0.4) is 0 Å². The molecule has 0 unspecified atom stereocenters. The maximum atomic E-state index is 11.3. The summed E-state index contributed by atoms with van der Waals surface area (Å²) in [5, 5.41) is 0.592. The van der Waals surface area contributed by atoms with Gasteiger partial charge in [-0.3, -0.25) is 4.79 Å². The first-order valence-corrected chi connectivity index (χ1v) is 6.74. The number of halogens is 1. The molecule has 0 saturated heterocycles. The number of hydrogen-bond donors (Lipinski definition) is 0. The van der Waals surface area contributed by atoms with Crippen LogP contribution in [0.25, 0.3) is 0 Å². The van der Waals surface area contributed by atoms with E-state index in [0.717, 1.165) is 11.8 Å². The Balaban J connectivity index is 2.63. The Morgan fingerprint density at radius 3 is 2.27 bits per heavy atom. The molecule has 0 bridgehead atoms. The third-order valence-electron chi connectivity index (χ3n) is 1.74. The maximum Gasteiger partial charge on any atom is 0.154 e. The van der Waals surface area contributed by atoms with Gasteiger partial charge in [-0.2, -0.15) is 0 Å². The van der Waals surface area contributed by atoms with E-state index in [1.54, 1.807) is 24.3 Å². The van der Waals surface area contributed by atoms with E-state index in [2.05, 4.69) is 0 Å². The lowest BCUT2D eigenvalue weighted by molar-refractivity contribution is -0.116. The average molecular weight is 247 g/mol. The molecule has 0 spiro atoms. The van der Waals surface area contributed by atoms with E-state index in [1.807, 2.05) is 0 Å². The van der Waals surface area contributed by atoms with Gasteiger partial charge in [0.05, 0.1) is 0 Å². The van der Waals surface area contributed by atoms with Crippen molar-refractivity contribution in [1.29, 1.82) is 0 Å². The molecule has 15 heavy (non-hydrogen) atoms. The number of benzene rings is 1. The number of carbonyl (C=O) groups is 1. The highest BCUT2D eigenvalue weighted by atomic mass is 35.5. The minimum absolute atomic E-state index is 0.129. The first-order chi connectivity index (χ1) is 6.87. The Kier molecular flexibility index (Phi) is 3.88. The molecule has 1 rings (SSSR count). The second-order valence-corrected chi connectivity index (χ2v) is 5.99. The lowest BCUT2D eigenvalue weighted by Crippen LogP contribution is -2.16. The van der Waals surface area contributed by atoms with Gasteiger partial charge in [0.15, 0.2) is 15.6 Å². The van der Waals surface area contributed by atoms with Crippen molar-refractivity contribution in [2.24, 2.45) is 0 Å². The van der Waals surface area contributed by atoms with E-state index in [4.69, 9.17) is 11.6 Å². The van der Waals surface area contributed by atoms with Gasteiger partial charge in [0.1, 0.15) is 5.75 Å². The molecule has 0 atom stereocenters. The number of hydrogen-bond acceptors (Lipinski definition) is 3. The smallest absolute Gasteiger partial charge is 0.154 e. The molecule has 0 aliphatic rings. The van der Waals surface area contributed by atoms with Crippen molar-refractivity contribution in [1.82, 2.24) is 0 Å². The number of ketones is 1. The predicted molar refractivity (Wildman–Crippen MR) is 59.9 cm³/mol. The Morgan fingerprint density at radius 2 is 1.80 bits per heavy atom. The first-order valence-electron chi connectivity index (χ1n) is 4.31. The molecule has 0 heterocycles. The van der Waals surface area contributed by atoms with Gasteiger partial charge in [0.2, 0.25) is 0 Å². The molecular weight excluding hydrogens is 236 g/mol. The second kappa shape index (κ2) is 4.77. The monoisotopic (exact) mass is 246 g/mol. The zero-order chi connectivity index (χ0) is 11.5. The van der Waals surface area contributed by atoms with Gasteiger partial charge in [-0.15, -0.1) is 0 Å². The Morgan fingerprint density at radius 1 is 1.27 bits per heavy atom. The van der Waals surface area contributed by atoms with Crippen LogP contribution in [0.2, 0.25) is 5.02 Å². The fraction of sp³-hybridized carbons (Fsp3) is 0.300. The summed E-state index contributed by atoms with van der Waals surface area (Å²) in [4.78, 5) is 11.3. The van der Waals surface area contributed by atoms with Gasteiger partial charge in [-0.05, 0) is 17.7 Å². The summed E-state index contributed by atoms with van der Waals surface area (Å²) in [5.74, 6) is -0.713. The Hall–Kier alpha value is -0.870. The van der Waals surface area contributed by atoms with Crippen LogP contribution in [0.5, 0.6) is 0 Å². The van der Waals surface area contributed by atoms with Crippen molar-refractivity contribution < 1.29 is 13.2 Å². The SMILES string of the molecule is CS(=O)(=O)CC(=O)Cc1ccc(Cl)cc1. The van der Waals surface area contributed by atoms with Crippen LogP contribution in [-0.4, -0.2) is 26.2 Å². The first kappa shape index (κ1) is 12.2. The molecule has 0 amide bonds. The summed E-state index contributed by atoms with van der Waals surface area (Å²) < 4.78 is 21.7. The summed E-state index contributed by atoms with van der Waals surface area (Å²) in [5.41, 5.74) is 0.771. The van der Waals surface area contributed by atoms with Gasteiger partial charge >= 0.3 is 0 Å². The molecular formula is C10H11ClO3S. The molecule has 5 heteroatoms. The largest absolute Gasteiger partial charge is 0.298 e. The van der Waals surface area contributed by atoms with E-state index in [1.165, 1.54) is 0 Å². The lowest BCUT2D eigenvalue weighted by Gasteiger charge is -2.00. The molecule has 0 aliphatic heterocycles. The molecule has 0 aromatic heterocycles. The minimum Gasteiger partial charge on any atom is -0.298 e. The fourth-order valence-corrected chi connectivity index (χ4v) is 1.99. The zero-order valence-corrected chi connectivity index (χ0v) is 9.81. The summed E-state index contributed by atoms with van der Waals surface area (Å²) in [6.07, 6.45) is 1.18. The van der Waals surface area contributed by atoms with Crippen LogP contribution < -0.4 is 0 Å². The van der Waals surface area contributed by atoms with Gasteiger partial charge in [0, 0.05) is 17.7 Å². The van der Waals surface area contributed by atoms with Gasteiger partial charge in [0.25, 0.3) is 0 Å². The summed E-state index contributed by atoms with van der Waals surface area (Å²) in [7, 11) is -3.23. The maximum absolute atomic E-state index is 11.3. The lowest BCUT2D eigenvalue weighted by atomic mass is 10.1. The molecule has 1 aromatic carbocycles. The number of Topliss-reactive ketones (excluding diaryl/α,β-unsaturated/α-hetero) is 1. The van der Waals surface area contributed by atoms with Crippen molar-refractivity contribution in [3.8, 4) is 0 Å². The summed E-state index contributed by atoms with van der Waals surface area (Å²) >= 11 is 5.67. The Bertz CT molecular complexity index is 448. The minimum atomic E-state index is -3.23. The second-order valence-electron chi connectivity index (χ2n) is 3.41. The molecule has 1 aromatic rings. The van der Waals surface area contributed by atoms with Crippen LogP contribution in [-0.2, 0) is 21.1 Å². The molecule has 0 fully saturated rings. The van der Waals surface area contributed by atoms with Gasteiger partial charge < -0.3 is 0 Å². The van der Waals surface area contributed by atoms with Crippen molar-refractivity contribution in [2.75, 3.05) is 12.0 Å². The highest BCUT2D eigenvalue weighted by Crippen LogP contribution is 2.10. The third kappa shape index (κ3) is 4.95. The van der Waals surface area contributed by atoms with E-state index in [9.17, 15) is 13.2 Å². The molecule has 82 valence electrons. The molecule has 0 radical (unpaired) electrons. The van der Waals surface area contributed by atoms with Gasteiger partial charge in [-0.25, -0.2) is 8.42 Å². The standard InChI is InChI=1S/C10H11ClO3S/c1-15(13,14)7-10(12)6-8-2-4-9(11)5-3-8/h2-5H,6-7H2,1H3. The summed E-state index contributed by atoms with van der Waals surface area (Å²) in [6.45, 7) is 0. The quantitative estimate of drug-likeness (QED) is 0.809. The third-order valence-corrected chi connectivity index (χ3v) is 2.84. The summed E-state index contributed by atoms with van der Waals surface area (Å²) in [6, 6.07) is 6.76. The highest BCUT2D eigenvalue weighted by Gasteiger charge is 2.11. The topological polar surface area (TPSA) is 51.2 Å². The average Bonchev–Trinajstić information content (AvgIpc) is 2.05. The number of sulfone groups is 1. The van der Waals surface area contributed by atoms with Crippen molar-refractivity contribution in [2.45, 2.75) is 6.42 Å². The fourth-order valence-electron chi connectivity index (χ4n) is 1.17. The van der Waals surface area contributed by atoms with Crippen molar-refractivity contribution >= 4 is 27.2 Å². The van der Waals surface area contributed by atoms with Crippen LogP contribution >= 0.6 is 11.6 Å². The number of rotatable bonds is 4. The van der Waals surface area contributed by atoms with Crippen molar-refractivity contribution in [3.05, 3.63) is 34.9 Å². The number of carbonyl (C=O) groups excluding carboxylic acids is 1. The Labute approximate surface area is 94.0 Å². The van der Waals surface area contributed by atoms with Crippen LogP contribution in [0.15, 0.2) is 24.3 Å². The normalized spacial score (nSPS) is 11.3. The van der Waals surface area contributed by atoms with E-state index >= 15 is 0 Å². The van der Waals surface area contributed by atoms with Crippen LogP contribution in [0.1, 0.15) is 5.56 Å². The highest BCUT2D eigenvalue weighted by molar-refractivity contribution is 7.91. The van der Waals surface area contributed by atoms with Crippen molar-refractivity contribution in [3.63, 3.8) is 0 Å². The predicted octanol–water partition coefficient (Wildman–Crippen LogP) is 1.50. The molecule has 0 saturated carbocycles. The molecule has 0 aliphatic carbocycles. The molecule has 0 N–H and O–H groups in total.